The normalized spacial score (nSPS) is 24.0. The van der Waals surface area contributed by atoms with Crippen molar-refractivity contribution in [2.45, 2.75) is 49.8 Å². The molecule has 0 radical (unpaired) electrons. The summed E-state index contributed by atoms with van der Waals surface area (Å²) < 4.78 is 66.8. The van der Waals surface area contributed by atoms with Gasteiger partial charge in [0.1, 0.15) is 0 Å². The van der Waals surface area contributed by atoms with E-state index >= 15 is 0 Å². The highest BCUT2D eigenvalue weighted by molar-refractivity contribution is 7.86. The fourth-order valence-corrected chi connectivity index (χ4v) is 3.56. The third kappa shape index (κ3) is 4.20. The van der Waals surface area contributed by atoms with Crippen LogP contribution in [-0.2, 0) is 14.3 Å². The molecule has 0 aliphatic heterocycles. The minimum Gasteiger partial charge on any atom is -0.263 e. The van der Waals surface area contributed by atoms with Gasteiger partial charge in [0.25, 0.3) is 10.1 Å². The molecule has 0 heterocycles. The average molecular weight is 322 g/mol. The van der Waals surface area contributed by atoms with E-state index in [0.717, 1.165) is 5.56 Å². The molecule has 0 N–H and O–H groups in total. The highest BCUT2D eigenvalue weighted by Gasteiger charge is 2.42. The number of benzene rings is 1. The van der Waals surface area contributed by atoms with Gasteiger partial charge in [-0.1, -0.05) is 17.7 Å². The van der Waals surface area contributed by atoms with Gasteiger partial charge in [-0.2, -0.15) is 21.6 Å². The van der Waals surface area contributed by atoms with E-state index in [1.165, 1.54) is 12.1 Å². The van der Waals surface area contributed by atoms with E-state index in [1.807, 2.05) is 6.92 Å². The Kier molecular flexibility index (Phi) is 4.63. The number of aryl methyl sites for hydroxylation is 1. The molecule has 1 aliphatic rings. The molecule has 2 rings (SSSR count). The lowest BCUT2D eigenvalue weighted by molar-refractivity contribution is -0.185. The zero-order chi connectivity index (χ0) is 15.7. The summed E-state index contributed by atoms with van der Waals surface area (Å²) in [5, 5.41) is 0. The molecular formula is C14H17F3O3S. The summed E-state index contributed by atoms with van der Waals surface area (Å²) in [6, 6.07) is 6.17. The summed E-state index contributed by atoms with van der Waals surface area (Å²) in [5.41, 5.74) is 0.916. The van der Waals surface area contributed by atoms with Crippen molar-refractivity contribution in [2.24, 2.45) is 5.92 Å². The van der Waals surface area contributed by atoms with Crippen molar-refractivity contribution in [2.75, 3.05) is 0 Å². The summed E-state index contributed by atoms with van der Waals surface area (Å²) in [6.07, 6.45) is -4.84. The van der Waals surface area contributed by atoms with Crippen LogP contribution in [-0.4, -0.2) is 20.7 Å². The molecule has 0 saturated heterocycles. The van der Waals surface area contributed by atoms with Gasteiger partial charge in [0.15, 0.2) is 0 Å². The molecule has 1 aliphatic carbocycles. The molecule has 3 nitrogen and oxygen atoms in total. The van der Waals surface area contributed by atoms with Crippen molar-refractivity contribution in [3.05, 3.63) is 29.8 Å². The molecule has 1 aromatic rings. The summed E-state index contributed by atoms with van der Waals surface area (Å²) in [7, 11) is -3.91. The van der Waals surface area contributed by atoms with E-state index in [2.05, 4.69) is 0 Å². The lowest BCUT2D eigenvalue weighted by Gasteiger charge is -2.29. The number of alkyl halides is 3. The highest BCUT2D eigenvalue weighted by Crippen LogP contribution is 2.38. The molecule has 118 valence electrons. The highest BCUT2D eigenvalue weighted by atomic mass is 32.2. The van der Waals surface area contributed by atoms with Crippen molar-refractivity contribution in [3.63, 3.8) is 0 Å². The van der Waals surface area contributed by atoms with Gasteiger partial charge in [0, 0.05) is 0 Å². The van der Waals surface area contributed by atoms with E-state index in [4.69, 9.17) is 4.18 Å². The predicted octanol–water partition coefficient (Wildman–Crippen LogP) is 3.82. The zero-order valence-electron chi connectivity index (χ0n) is 11.6. The molecule has 0 bridgehead atoms. The second-order valence-electron chi connectivity index (χ2n) is 5.38. The lowest BCUT2D eigenvalue weighted by atomic mass is 9.87. The molecule has 1 fully saturated rings. The first-order chi connectivity index (χ1) is 9.68. The topological polar surface area (TPSA) is 43.4 Å². The second-order valence-corrected chi connectivity index (χ2v) is 6.95. The Morgan fingerprint density at radius 1 is 1.05 bits per heavy atom. The van der Waals surface area contributed by atoms with Crippen molar-refractivity contribution >= 4 is 10.1 Å². The van der Waals surface area contributed by atoms with Gasteiger partial charge in [-0.05, 0) is 44.7 Å². The van der Waals surface area contributed by atoms with Crippen LogP contribution < -0.4 is 0 Å². The number of hydrogen-bond donors (Lipinski definition) is 0. The van der Waals surface area contributed by atoms with E-state index in [1.54, 1.807) is 12.1 Å². The van der Waals surface area contributed by atoms with Crippen LogP contribution in [0.2, 0.25) is 0 Å². The molecule has 0 aromatic heterocycles. The fourth-order valence-electron chi connectivity index (χ4n) is 2.43. The number of halogens is 3. The predicted molar refractivity (Wildman–Crippen MR) is 71.3 cm³/mol. The van der Waals surface area contributed by atoms with Crippen LogP contribution in [0.4, 0.5) is 13.2 Å². The van der Waals surface area contributed by atoms with Crippen molar-refractivity contribution in [3.8, 4) is 0 Å². The Labute approximate surface area is 122 Å². The second kappa shape index (κ2) is 5.96. The zero-order valence-corrected chi connectivity index (χ0v) is 12.4. The molecule has 0 amide bonds. The van der Waals surface area contributed by atoms with Crippen molar-refractivity contribution < 1.29 is 25.8 Å². The van der Waals surface area contributed by atoms with E-state index in [0.29, 0.717) is 0 Å². The summed E-state index contributed by atoms with van der Waals surface area (Å²) in [6.45, 7) is 1.83. The third-order valence-corrected chi connectivity index (χ3v) is 5.08. The van der Waals surface area contributed by atoms with Gasteiger partial charge < -0.3 is 0 Å². The number of rotatable bonds is 3. The third-order valence-electron chi connectivity index (χ3n) is 3.71. The van der Waals surface area contributed by atoms with Gasteiger partial charge in [-0.25, -0.2) is 0 Å². The fraction of sp³-hybridized carbons (Fsp3) is 0.571. The maximum absolute atomic E-state index is 12.5. The SMILES string of the molecule is Cc1ccc(S(=O)(=O)OC2CCC(C(F)(F)F)CC2)cc1. The smallest absolute Gasteiger partial charge is 0.263 e. The summed E-state index contributed by atoms with van der Waals surface area (Å²) in [5.74, 6) is -1.35. The Morgan fingerprint density at radius 3 is 2.05 bits per heavy atom. The largest absolute Gasteiger partial charge is 0.391 e. The molecule has 1 aromatic carbocycles. The number of hydrogen-bond acceptors (Lipinski definition) is 3. The Balaban J connectivity index is 1.98. The molecule has 7 heteroatoms. The van der Waals surface area contributed by atoms with E-state index in [-0.39, 0.29) is 30.6 Å². The quantitative estimate of drug-likeness (QED) is 0.795. The molecule has 0 atom stereocenters. The Morgan fingerprint density at radius 2 is 1.57 bits per heavy atom. The first-order valence-electron chi connectivity index (χ1n) is 6.75. The minimum atomic E-state index is -4.21. The maximum atomic E-state index is 12.5. The molecule has 0 unspecified atom stereocenters. The van der Waals surface area contributed by atoms with Gasteiger partial charge in [0.05, 0.1) is 16.9 Å². The van der Waals surface area contributed by atoms with Crippen LogP contribution >= 0.6 is 0 Å². The van der Waals surface area contributed by atoms with Gasteiger partial charge in [0.2, 0.25) is 0 Å². The van der Waals surface area contributed by atoms with Crippen LogP contribution in [0.15, 0.2) is 29.2 Å². The van der Waals surface area contributed by atoms with E-state index in [9.17, 15) is 21.6 Å². The van der Waals surface area contributed by atoms with Crippen molar-refractivity contribution in [1.29, 1.82) is 0 Å². The first kappa shape index (κ1) is 16.3. The van der Waals surface area contributed by atoms with Crippen LogP contribution in [0.5, 0.6) is 0 Å². The maximum Gasteiger partial charge on any atom is 0.391 e. The van der Waals surface area contributed by atoms with Crippen LogP contribution in [0.1, 0.15) is 31.2 Å². The average Bonchev–Trinajstić information content (AvgIpc) is 2.38. The molecule has 21 heavy (non-hydrogen) atoms. The van der Waals surface area contributed by atoms with Crippen LogP contribution in [0, 0.1) is 12.8 Å². The summed E-state index contributed by atoms with van der Waals surface area (Å²) in [4.78, 5) is 0.0334. The van der Waals surface area contributed by atoms with Crippen LogP contribution in [0.3, 0.4) is 0 Å². The monoisotopic (exact) mass is 322 g/mol. The molecular weight excluding hydrogens is 305 g/mol. The minimum absolute atomic E-state index is 0.0334. The van der Waals surface area contributed by atoms with Gasteiger partial charge in [-0.3, -0.25) is 4.18 Å². The molecule has 1 saturated carbocycles. The summed E-state index contributed by atoms with van der Waals surface area (Å²) >= 11 is 0. The first-order valence-corrected chi connectivity index (χ1v) is 8.16. The Bertz CT molecular complexity index is 570. The van der Waals surface area contributed by atoms with Crippen LogP contribution in [0.25, 0.3) is 0 Å². The molecule has 0 spiro atoms. The standard InChI is InChI=1S/C14H17F3O3S/c1-10-2-8-13(9-3-10)21(18,19)20-12-6-4-11(5-7-12)14(15,16)17/h2-3,8-9,11-12H,4-7H2,1H3. The van der Waals surface area contributed by atoms with Crippen molar-refractivity contribution in [1.82, 2.24) is 0 Å². The Hall–Kier alpha value is -1.08. The lowest BCUT2D eigenvalue weighted by Crippen LogP contribution is -2.31. The van der Waals surface area contributed by atoms with Gasteiger partial charge in [-0.15, -0.1) is 0 Å². The van der Waals surface area contributed by atoms with E-state index < -0.39 is 28.3 Å². The van der Waals surface area contributed by atoms with Gasteiger partial charge >= 0.3 is 6.18 Å².